The van der Waals surface area contributed by atoms with Crippen LogP contribution >= 0.6 is 0 Å². The lowest BCUT2D eigenvalue weighted by molar-refractivity contribution is -0.0172. The Morgan fingerprint density at radius 3 is 2.79 bits per heavy atom. The first-order valence-corrected chi connectivity index (χ1v) is 10.0. The molecule has 6 nitrogen and oxygen atoms in total. The highest BCUT2D eigenvalue weighted by atomic mass is 19.1. The smallest absolute Gasteiger partial charge is 0.189 e. The minimum atomic E-state index is -0.319. The van der Waals surface area contributed by atoms with Crippen LogP contribution < -0.4 is 15.8 Å². The lowest BCUT2D eigenvalue weighted by Crippen LogP contribution is -2.46. The monoisotopic (exact) mass is 398 g/mol. The lowest BCUT2D eigenvalue weighted by atomic mass is 10.0. The Labute approximate surface area is 170 Å². The van der Waals surface area contributed by atoms with Gasteiger partial charge < -0.3 is 20.5 Å². The predicted molar refractivity (Wildman–Crippen MR) is 110 cm³/mol. The van der Waals surface area contributed by atoms with E-state index in [1.165, 1.54) is 17.7 Å². The van der Waals surface area contributed by atoms with Crippen LogP contribution in [0.4, 0.5) is 4.39 Å². The van der Waals surface area contributed by atoms with Crippen molar-refractivity contribution in [2.24, 2.45) is 10.7 Å². The predicted octanol–water partition coefficient (Wildman–Crippen LogP) is 2.76. The molecule has 2 aromatic carbocycles. The van der Waals surface area contributed by atoms with E-state index in [4.69, 9.17) is 15.2 Å². The van der Waals surface area contributed by atoms with E-state index < -0.39 is 0 Å². The van der Waals surface area contributed by atoms with Crippen LogP contribution in [0.5, 0.6) is 5.75 Å². The van der Waals surface area contributed by atoms with Crippen molar-refractivity contribution in [2.45, 2.75) is 38.6 Å². The average molecular weight is 398 g/mol. The summed E-state index contributed by atoms with van der Waals surface area (Å²) in [5, 5.41) is 3.31. The molecule has 0 atom stereocenters. The first kappa shape index (κ1) is 19.7. The van der Waals surface area contributed by atoms with E-state index in [-0.39, 0.29) is 19.2 Å². The Morgan fingerprint density at radius 1 is 1.21 bits per heavy atom. The van der Waals surface area contributed by atoms with Gasteiger partial charge in [-0.2, -0.15) is 0 Å². The summed E-state index contributed by atoms with van der Waals surface area (Å²) in [4.78, 5) is 6.86. The number of guanidine groups is 1. The first-order chi connectivity index (χ1) is 14.2. The summed E-state index contributed by atoms with van der Waals surface area (Å²) in [6.45, 7) is 3.80. The van der Waals surface area contributed by atoms with E-state index in [2.05, 4.69) is 39.5 Å². The number of nitrogens with two attached hydrogens (primary N) is 1. The molecular weight excluding hydrogens is 371 g/mol. The second kappa shape index (κ2) is 9.24. The minimum Gasteiger partial charge on any atom is -0.467 e. The molecule has 2 aliphatic heterocycles. The second-order valence-electron chi connectivity index (χ2n) is 7.55. The van der Waals surface area contributed by atoms with Crippen LogP contribution in [0.3, 0.4) is 0 Å². The molecule has 1 fully saturated rings. The van der Waals surface area contributed by atoms with Gasteiger partial charge in [-0.05, 0) is 30.5 Å². The number of benzene rings is 2. The Balaban J connectivity index is 1.29. The van der Waals surface area contributed by atoms with Gasteiger partial charge in [-0.15, -0.1) is 0 Å². The van der Waals surface area contributed by atoms with Gasteiger partial charge in [0.05, 0.1) is 13.2 Å². The zero-order chi connectivity index (χ0) is 20.1. The number of ether oxygens (including phenoxy) is 2. The molecule has 7 heteroatoms. The molecule has 0 radical (unpaired) electrons. The van der Waals surface area contributed by atoms with E-state index in [0.29, 0.717) is 35.5 Å². The molecule has 154 valence electrons. The highest BCUT2D eigenvalue weighted by molar-refractivity contribution is 5.78. The topological polar surface area (TPSA) is 72.1 Å². The lowest BCUT2D eigenvalue weighted by Gasteiger charge is -2.32. The molecule has 0 aromatic heterocycles. The third-order valence-electron chi connectivity index (χ3n) is 5.36. The standard InChI is InChI=1S/C22H27FN4O2/c23-19-10-17(21-18(11-19)14-28-15-29-21)12-25-22(24)26-20-6-8-27(9-7-20)13-16-4-2-1-3-5-16/h1-5,10-11,20H,6-9,12-15H2,(H3,24,25,26). The van der Waals surface area contributed by atoms with Crippen LogP contribution in [0.25, 0.3) is 0 Å². The number of piperidine rings is 1. The maximum absolute atomic E-state index is 13.8. The van der Waals surface area contributed by atoms with Gasteiger partial charge in [0.25, 0.3) is 0 Å². The fraction of sp³-hybridized carbons (Fsp3) is 0.409. The average Bonchev–Trinajstić information content (AvgIpc) is 2.74. The van der Waals surface area contributed by atoms with Crippen molar-refractivity contribution < 1.29 is 13.9 Å². The molecule has 0 unspecified atom stereocenters. The molecule has 0 saturated carbocycles. The largest absolute Gasteiger partial charge is 0.467 e. The highest BCUT2D eigenvalue weighted by Crippen LogP contribution is 2.29. The fourth-order valence-electron chi connectivity index (χ4n) is 3.88. The van der Waals surface area contributed by atoms with Crippen molar-refractivity contribution in [3.63, 3.8) is 0 Å². The van der Waals surface area contributed by atoms with Crippen LogP contribution in [-0.4, -0.2) is 36.8 Å². The number of nitrogens with one attached hydrogen (secondary N) is 1. The van der Waals surface area contributed by atoms with Gasteiger partial charge in [-0.1, -0.05) is 30.3 Å². The molecule has 0 spiro atoms. The van der Waals surface area contributed by atoms with Crippen molar-refractivity contribution in [3.05, 3.63) is 65.0 Å². The van der Waals surface area contributed by atoms with E-state index >= 15 is 0 Å². The van der Waals surface area contributed by atoms with Crippen molar-refractivity contribution >= 4 is 5.96 Å². The third-order valence-corrected chi connectivity index (χ3v) is 5.36. The van der Waals surface area contributed by atoms with Crippen molar-refractivity contribution in [3.8, 4) is 5.75 Å². The zero-order valence-corrected chi connectivity index (χ0v) is 16.4. The number of fused-ring (bicyclic) bond motifs is 1. The normalized spacial score (nSPS) is 18.2. The minimum absolute atomic E-state index is 0.171. The van der Waals surface area contributed by atoms with Gasteiger partial charge in [0.15, 0.2) is 12.8 Å². The number of hydrogen-bond acceptors (Lipinski definition) is 4. The third kappa shape index (κ3) is 5.25. The van der Waals surface area contributed by atoms with Gasteiger partial charge in [0, 0.05) is 36.8 Å². The van der Waals surface area contributed by atoms with Gasteiger partial charge in [-0.25, -0.2) is 9.38 Å². The molecule has 0 bridgehead atoms. The van der Waals surface area contributed by atoms with Crippen molar-refractivity contribution in [2.75, 3.05) is 19.9 Å². The van der Waals surface area contributed by atoms with Gasteiger partial charge in [0.1, 0.15) is 11.6 Å². The van der Waals surface area contributed by atoms with E-state index in [1.807, 2.05) is 6.07 Å². The number of nitrogens with zero attached hydrogens (tertiary/aromatic N) is 2. The molecule has 2 aromatic rings. The molecule has 29 heavy (non-hydrogen) atoms. The molecule has 2 aliphatic rings. The number of hydrogen-bond donors (Lipinski definition) is 2. The molecular formula is C22H27FN4O2. The summed E-state index contributed by atoms with van der Waals surface area (Å²) in [7, 11) is 0. The molecule has 3 N–H and O–H groups in total. The number of halogens is 1. The molecule has 1 saturated heterocycles. The number of rotatable bonds is 5. The van der Waals surface area contributed by atoms with Crippen LogP contribution in [0.15, 0.2) is 47.5 Å². The van der Waals surface area contributed by atoms with Crippen LogP contribution in [0.2, 0.25) is 0 Å². The van der Waals surface area contributed by atoms with Crippen LogP contribution in [-0.2, 0) is 24.4 Å². The maximum atomic E-state index is 13.8. The summed E-state index contributed by atoms with van der Waals surface area (Å²) in [6.07, 6.45) is 2.03. The molecule has 4 rings (SSSR count). The summed E-state index contributed by atoms with van der Waals surface area (Å²) in [5.41, 5.74) is 8.82. The Bertz CT molecular complexity index is 851. The van der Waals surface area contributed by atoms with Crippen LogP contribution in [0.1, 0.15) is 29.5 Å². The second-order valence-corrected chi connectivity index (χ2v) is 7.55. The quantitative estimate of drug-likeness (QED) is 0.599. The Kier molecular flexibility index (Phi) is 6.27. The Hall–Kier alpha value is -2.64. The van der Waals surface area contributed by atoms with Crippen molar-refractivity contribution in [1.82, 2.24) is 10.2 Å². The summed E-state index contributed by atoms with van der Waals surface area (Å²) < 4.78 is 24.6. The van der Waals surface area contributed by atoms with Gasteiger partial charge >= 0.3 is 0 Å². The van der Waals surface area contributed by atoms with Crippen molar-refractivity contribution in [1.29, 1.82) is 0 Å². The molecule has 2 heterocycles. The van der Waals surface area contributed by atoms with Crippen LogP contribution in [0, 0.1) is 5.82 Å². The van der Waals surface area contributed by atoms with E-state index in [0.717, 1.165) is 32.5 Å². The number of likely N-dealkylation sites (tertiary alicyclic amines) is 1. The first-order valence-electron chi connectivity index (χ1n) is 10.0. The fourth-order valence-corrected chi connectivity index (χ4v) is 3.88. The Morgan fingerprint density at radius 2 is 2.00 bits per heavy atom. The summed E-state index contributed by atoms with van der Waals surface area (Å²) >= 11 is 0. The zero-order valence-electron chi connectivity index (χ0n) is 16.4. The van der Waals surface area contributed by atoms with Gasteiger partial charge in [0.2, 0.25) is 0 Å². The highest BCUT2D eigenvalue weighted by Gasteiger charge is 2.20. The summed E-state index contributed by atoms with van der Waals surface area (Å²) in [6, 6.07) is 13.7. The molecule has 0 amide bonds. The number of aliphatic imine (C=N–C) groups is 1. The maximum Gasteiger partial charge on any atom is 0.189 e. The summed E-state index contributed by atoms with van der Waals surface area (Å²) in [5.74, 6) is 0.723. The van der Waals surface area contributed by atoms with E-state index in [9.17, 15) is 4.39 Å². The van der Waals surface area contributed by atoms with Gasteiger partial charge in [-0.3, -0.25) is 4.90 Å². The SMILES string of the molecule is NC(=NCc1cc(F)cc2c1OCOC2)NC1CCN(Cc2ccccc2)CC1. The molecule has 0 aliphatic carbocycles. The van der Waals surface area contributed by atoms with E-state index in [1.54, 1.807) is 0 Å².